The number of aliphatic hydroxyl groups is 1. The molecule has 1 saturated heterocycles. The topological polar surface area (TPSA) is 182 Å². The van der Waals surface area contributed by atoms with E-state index in [4.69, 9.17) is 5.73 Å². The SMILES string of the molecule is CC(O)C(N)C(=O)NC(Cc1ccccc1)C(=O)N1CCCC1C(=O)NC(Cc1ccc(O)cc1)C(=O)O. The number of amides is 3. The Labute approximate surface area is 220 Å². The highest BCUT2D eigenvalue weighted by Gasteiger charge is 2.39. The Bertz CT molecular complexity index is 1120. The van der Waals surface area contributed by atoms with Crippen LogP contribution in [0.2, 0.25) is 0 Å². The first-order chi connectivity index (χ1) is 18.1. The van der Waals surface area contributed by atoms with Gasteiger partial charge in [0.15, 0.2) is 0 Å². The van der Waals surface area contributed by atoms with Gasteiger partial charge in [-0.15, -0.1) is 0 Å². The molecule has 3 rings (SSSR count). The lowest BCUT2D eigenvalue weighted by Crippen LogP contribution is -2.58. The third-order valence-corrected chi connectivity index (χ3v) is 6.55. The number of carbonyl (C=O) groups excluding carboxylic acids is 3. The Balaban J connectivity index is 1.76. The molecule has 3 amide bonds. The van der Waals surface area contributed by atoms with Crippen molar-refractivity contribution in [3.8, 4) is 5.75 Å². The normalized spacial score (nSPS) is 18.2. The van der Waals surface area contributed by atoms with Crippen molar-refractivity contribution < 1.29 is 34.5 Å². The number of hydrogen-bond acceptors (Lipinski definition) is 7. The molecule has 1 aliphatic rings. The molecule has 0 saturated carbocycles. The Morgan fingerprint density at radius 2 is 1.58 bits per heavy atom. The van der Waals surface area contributed by atoms with Gasteiger partial charge in [0.25, 0.3) is 0 Å². The number of aromatic hydroxyl groups is 1. The highest BCUT2D eigenvalue weighted by atomic mass is 16.4. The summed E-state index contributed by atoms with van der Waals surface area (Å²) in [4.78, 5) is 52.6. The second-order valence-electron chi connectivity index (χ2n) is 9.48. The van der Waals surface area contributed by atoms with Crippen LogP contribution in [-0.2, 0) is 32.0 Å². The summed E-state index contributed by atoms with van der Waals surface area (Å²) in [6, 6.07) is 10.6. The maximum Gasteiger partial charge on any atom is 0.326 e. The monoisotopic (exact) mass is 526 g/mol. The fourth-order valence-corrected chi connectivity index (χ4v) is 4.38. The minimum atomic E-state index is -1.24. The Morgan fingerprint density at radius 1 is 0.974 bits per heavy atom. The number of phenolic OH excluding ortho intramolecular Hbond substituents is 1. The van der Waals surface area contributed by atoms with Crippen molar-refractivity contribution in [3.05, 3.63) is 65.7 Å². The van der Waals surface area contributed by atoms with E-state index in [1.165, 1.54) is 24.0 Å². The zero-order valence-corrected chi connectivity index (χ0v) is 21.1. The van der Waals surface area contributed by atoms with Crippen LogP contribution in [-0.4, -0.2) is 80.7 Å². The van der Waals surface area contributed by atoms with E-state index in [1.54, 1.807) is 36.4 Å². The smallest absolute Gasteiger partial charge is 0.326 e. The van der Waals surface area contributed by atoms with E-state index >= 15 is 0 Å². The summed E-state index contributed by atoms with van der Waals surface area (Å²) in [6.45, 7) is 1.63. The van der Waals surface area contributed by atoms with Crippen molar-refractivity contribution in [1.82, 2.24) is 15.5 Å². The lowest BCUT2D eigenvalue weighted by Gasteiger charge is -2.30. The number of carboxylic acids is 1. The number of benzene rings is 2. The average Bonchev–Trinajstić information content (AvgIpc) is 3.39. The fourth-order valence-electron chi connectivity index (χ4n) is 4.38. The van der Waals surface area contributed by atoms with Gasteiger partial charge in [-0.05, 0) is 43.0 Å². The molecular formula is C27H34N4O7. The van der Waals surface area contributed by atoms with Gasteiger partial charge >= 0.3 is 5.97 Å². The van der Waals surface area contributed by atoms with Crippen LogP contribution in [0.15, 0.2) is 54.6 Å². The molecule has 38 heavy (non-hydrogen) atoms. The predicted octanol–water partition coefficient (Wildman–Crippen LogP) is -0.0693. The van der Waals surface area contributed by atoms with E-state index in [0.717, 1.165) is 5.56 Å². The lowest BCUT2D eigenvalue weighted by molar-refractivity contribution is -0.145. The second kappa shape index (κ2) is 13.0. The number of hydrogen-bond donors (Lipinski definition) is 6. The number of phenols is 1. The summed E-state index contributed by atoms with van der Waals surface area (Å²) in [7, 11) is 0. The molecule has 11 nitrogen and oxygen atoms in total. The van der Waals surface area contributed by atoms with Crippen molar-refractivity contribution >= 4 is 23.7 Å². The molecule has 0 spiro atoms. The van der Waals surface area contributed by atoms with Crippen LogP contribution >= 0.6 is 0 Å². The zero-order chi connectivity index (χ0) is 27.8. The largest absolute Gasteiger partial charge is 0.508 e. The van der Waals surface area contributed by atoms with E-state index in [0.29, 0.717) is 18.4 Å². The van der Waals surface area contributed by atoms with Crippen molar-refractivity contribution in [2.45, 2.75) is 62.9 Å². The molecule has 0 radical (unpaired) electrons. The number of likely N-dealkylation sites (tertiary alicyclic amines) is 1. The average molecular weight is 527 g/mol. The molecular weight excluding hydrogens is 492 g/mol. The van der Waals surface area contributed by atoms with E-state index in [2.05, 4.69) is 10.6 Å². The van der Waals surface area contributed by atoms with Gasteiger partial charge in [-0.1, -0.05) is 42.5 Å². The molecule has 2 aromatic carbocycles. The van der Waals surface area contributed by atoms with E-state index in [9.17, 15) is 34.5 Å². The maximum atomic E-state index is 13.6. The minimum absolute atomic E-state index is 0.00799. The second-order valence-corrected chi connectivity index (χ2v) is 9.48. The number of rotatable bonds is 11. The van der Waals surface area contributed by atoms with Crippen LogP contribution in [0.1, 0.15) is 30.9 Å². The van der Waals surface area contributed by atoms with Crippen molar-refractivity contribution in [3.63, 3.8) is 0 Å². The summed E-state index contributed by atoms with van der Waals surface area (Å²) in [6.07, 6.45) is -0.136. The first-order valence-corrected chi connectivity index (χ1v) is 12.5. The predicted molar refractivity (Wildman–Crippen MR) is 138 cm³/mol. The number of carboxylic acid groups (broad SMARTS) is 1. The molecule has 5 atom stereocenters. The van der Waals surface area contributed by atoms with E-state index in [-0.39, 0.29) is 25.1 Å². The van der Waals surface area contributed by atoms with Gasteiger partial charge in [-0.2, -0.15) is 0 Å². The summed E-state index contributed by atoms with van der Waals surface area (Å²) >= 11 is 0. The third-order valence-electron chi connectivity index (χ3n) is 6.55. The molecule has 1 aliphatic heterocycles. The fraction of sp³-hybridized carbons (Fsp3) is 0.407. The van der Waals surface area contributed by atoms with Crippen LogP contribution in [0.25, 0.3) is 0 Å². The number of aliphatic carboxylic acids is 1. The number of carbonyl (C=O) groups is 4. The number of nitrogens with one attached hydrogen (secondary N) is 2. The maximum absolute atomic E-state index is 13.6. The van der Waals surface area contributed by atoms with Gasteiger partial charge in [0, 0.05) is 19.4 Å². The van der Waals surface area contributed by atoms with Crippen molar-refractivity contribution in [2.75, 3.05) is 6.54 Å². The standard InChI is InChI=1S/C27H34N4O7/c1-16(32)23(28)25(35)29-20(14-17-6-3-2-4-7-17)26(36)31-13-5-8-22(31)24(34)30-21(27(37)38)15-18-9-11-19(33)12-10-18/h2-4,6-7,9-12,16,20-23,32-33H,5,8,13-15,28H2,1H3,(H,29,35)(H,30,34)(H,37,38). The van der Waals surface area contributed by atoms with E-state index in [1.807, 2.05) is 6.07 Å². The molecule has 1 fully saturated rings. The van der Waals surface area contributed by atoms with Gasteiger partial charge in [0.1, 0.15) is 29.9 Å². The van der Waals surface area contributed by atoms with Crippen molar-refractivity contribution in [2.24, 2.45) is 5.73 Å². The Morgan fingerprint density at radius 3 is 2.18 bits per heavy atom. The summed E-state index contributed by atoms with van der Waals surface area (Å²) < 4.78 is 0. The Hall–Kier alpha value is -3.96. The Kier molecular flexibility index (Phi) is 9.80. The minimum Gasteiger partial charge on any atom is -0.508 e. The van der Waals surface area contributed by atoms with Gasteiger partial charge in [0.05, 0.1) is 6.10 Å². The molecule has 204 valence electrons. The third kappa shape index (κ3) is 7.53. The van der Waals surface area contributed by atoms with Crippen LogP contribution in [0.3, 0.4) is 0 Å². The molecule has 7 N–H and O–H groups in total. The van der Waals surface area contributed by atoms with Gasteiger partial charge in [-0.25, -0.2) is 4.79 Å². The molecule has 0 bridgehead atoms. The van der Waals surface area contributed by atoms with Crippen LogP contribution in [0.4, 0.5) is 0 Å². The first-order valence-electron chi connectivity index (χ1n) is 12.5. The molecule has 5 unspecified atom stereocenters. The lowest BCUT2D eigenvalue weighted by atomic mass is 10.0. The van der Waals surface area contributed by atoms with Crippen LogP contribution in [0.5, 0.6) is 5.75 Å². The van der Waals surface area contributed by atoms with Gasteiger partial charge < -0.3 is 36.6 Å². The zero-order valence-electron chi connectivity index (χ0n) is 21.1. The highest BCUT2D eigenvalue weighted by molar-refractivity contribution is 5.94. The highest BCUT2D eigenvalue weighted by Crippen LogP contribution is 2.21. The summed E-state index contributed by atoms with van der Waals surface area (Å²) in [5, 5.41) is 34.0. The molecule has 2 aromatic rings. The summed E-state index contributed by atoms with van der Waals surface area (Å²) in [5.74, 6) is -3.00. The number of nitrogens with zero attached hydrogens (tertiary/aromatic N) is 1. The molecule has 0 aliphatic carbocycles. The number of aliphatic hydroxyl groups excluding tert-OH is 1. The van der Waals surface area contributed by atoms with Crippen LogP contribution < -0.4 is 16.4 Å². The van der Waals surface area contributed by atoms with Crippen LogP contribution in [0, 0.1) is 0 Å². The molecule has 11 heteroatoms. The molecule has 0 aromatic heterocycles. The molecule has 1 heterocycles. The van der Waals surface area contributed by atoms with Gasteiger partial charge in [-0.3, -0.25) is 14.4 Å². The van der Waals surface area contributed by atoms with E-state index < -0.39 is 54.0 Å². The first kappa shape index (κ1) is 28.6. The number of nitrogens with two attached hydrogens (primary N) is 1. The summed E-state index contributed by atoms with van der Waals surface area (Å²) in [5.41, 5.74) is 7.15. The quantitative estimate of drug-likeness (QED) is 0.235. The van der Waals surface area contributed by atoms with Gasteiger partial charge in [0.2, 0.25) is 17.7 Å². The van der Waals surface area contributed by atoms with Crippen molar-refractivity contribution in [1.29, 1.82) is 0 Å².